The van der Waals surface area contributed by atoms with Crippen molar-refractivity contribution in [2.24, 2.45) is 0 Å². The van der Waals surface area contributed by atoms with Gasteiger partial charge in [-0.05, 0) is 108 Å². The van der Waals surface area contributed by atoms with Crippen molar-refractivity contribution >= 4 is 83.4 Å². The monoisotopic (exact) mass is 808 g/mol. The molecule has 0 amide bonds. The van der Waals surface area contributed by atoms with Crippen LogP contribution in [0.1, 0.15) is 11.1 Å². The molecule has 272 valence electrons. The van der Waals surface area contributed by atoms with Crippen LogP contribution in [0.25, 0.3) is 55.0 Å². The molecule has 4 nitrogen and oxygen atoms in total. The van der Waals surface area contributed by atoms with Gasteiger partial charge in [-0.15, -0.1) is 0 Å². The quantitative estimate of drug-likeness (QED) is 0.170. The number of aryl methyl sites for hydroxylation is 2. The van der Waals surface area contributed by atoms with Crippen molar-refractivity contribution in [1.82, 2.24) is 9.13 Å². The highest BCUT2D eigenvalue weighted by molar-refractivity contribution is 9.10. The normalized spacial score (nSPS) is 11.4. The van der Waals surface area contributed by atoms with Crippen LogP contribution in [0.15, 0.2) is 186 Å². The first kappa shape index (κ1) is 35.6. The molecule has 2 N–H and O–H groups in total. The zero-order valence-corrected chi connectivity index (χ0v) is 33.4. The number of fused-ring (bicyclic) bond motifs is 6. The molecule has 2 aromatic heterocycles. The third-order valence-corrected chi connectivity index (χ3v) is 13.4. The van der Waals surface area contributed by atoms with Crippen molar-refractivity contribution < 1.29 is 10.2 Å². The Kier molecular flexibility index (Phi) is 9.42. The van der Waals surface area contributed by atoms with Crippen LogP contribution in [0.3, 0.4) is 0 Å². The summed E-state index contributed by atoms with van der Waals surface area (Å²) in [6, 6.07) is 62.7. The number of nitrogens with zero attached hydrogens (tertiary/aromatic N) is 2. The van der Waals surface area contributed by atoms with Crippen molar-refractivity contribution in [2.45, 2.75) is 13.8 Å². The van der Waals surface area contributed by atoms with Gasteiger partial charge in [-0.1, -0.05) is 133 Å². The Morgan fingerprint density at radius 3 is 1.16 bits per heavy atom. The molecule has 0 bridgehead atoms. The third kappa shape index (κ3) is 6.23. The Balaban J connectivity index is 0.000000161. The van der Waals surface area contributed by atoms with E-state index in [0.717, 1.165) is 49.9 Å². The summed E-state index contributed by atoms with van der Waals surface area (Å²) in [5, 5.41) is 30.6. The van der Waals surface area contributed by atoms with E-state index in [1.54, 1.807) is 0 Å². The molecule has 0 fully saturated rings. The van der Waals surface area contributed by atoms with Crippen LogP contribution in [0.4, 0.5) is 0 Å². The number of hydrogen-bond donors (Lipinski definition) is 2. The van der Waals surface area contributed by atoms with Crippen LogP contribution < -0.4 is 15.9 Å². The number of phenolic OH excluding ortho intramolecular Hbond substituents is 2. The molecule has 0 saturated heterocycles. The number of rotatable bonds is 5. The van der Waals surface area contributed by atoms with Crippen LogP contribution in [0, 0.1) is 13.8 Å². The molecule has 0 spiro atoms. The first-order chi connectivity index (χ1) is 27.4. The number of phenols is 2. The maximum Gasteiger partial charge on any atom is 0.153 e. The maximum atomic E-state index is 11.9. The fourth-order valence-electron chi connectivity index (χ4n) is 7.91. The molecule has 0 unspecified atom stereocenters. The van der Waals surface area contributed by atoms with E-state index < -0.39 is 7.92 Å². The Morgan fingerprint density at radius 2 is 0.750 bits per heavy atom. The maximum absolute atomic E-state index is 11.9. The molecule has 56 heavy (non-hydrogen) atoms. The lowest BCUT2D eigenvalue weighted by atomic mass is 10.2. The Hall–Kier alpha value is -6.13. The summed E-state index contributed by atoms with van der Waals surface area (Å²) in [4.78, 5) is 0. The number of aromatic nitrogens is 2. The minimum Gasteiger partial charge on any atom is -0.505 e. The minimum atomic E-state index is -0.925. The predicted octanol–water partition coefficient (Wildman–Crippen LogP) is 12.1. The highest BCUT2D eigenvalue weighted by Gasteiger charge is 2.24. The highest BCUT2D eigenvalue weighted by Crippen LogP contribution is 2.42. The van der Waals surface area contributed by atoms with Gasteiger partial charge in [0.1, 0.15) is 5.75 Å². The Bertz CT molecular complexity index is 2900. The van der Waals surface area contributed by atoms with E-state index in [1.807, 2.05) is 55.5 Å². The van der Waals surface area contributed by atoms with E-state index >= 15 is 0 Å². The van der Waals surface area contributed by atoms with Crippen molar-refractivity contribution in [3.05, 3.63) is 198 Å². The summed E-state index contributed by atoms with van der Waals surface area (Å²) in [6.45, 7) is 4.14. The average molecular weight is 810 g/mol. The number of aromatic hydroxyl groups is 2. The molecule has 0 aliphatic rings. The van der Waals surface area contributed by atoms with E-state index in [-0.39, 0.29) is 5.75 Å². The fourth-order valence-corrected chi connectivity index (χ4v) is 10.9. The van der Waals surface area contributed by atoms with Crippen molar-refractivity contribution in [2.75, 3.05) is 0 Å². The molecule has 0 saturated carbocycles. The van der Waals surface area contributed by atoms with E-state index in [9.17, 15) is 10.2 Å². The smallest absolute Gasteiger partial charge is 0.153 e. The first-order valence-electron chi connectivity index (χ1n) is 18.6. The van der Waals surface area contributed by atoms with Crippen molar-refractivity contribution in [1.29, 1.82) is 0 Å². The molecule has 10 rings (SSSR count). The topological polar surface area (TPSA) is 50.3 Å². The summed E-state index contributed by atoms with van der Waals surface area (Å²) in [7, 11) is -0.925. The van der Waals surface area contributed by atoms with Gasteiger partial charge in [0.15, 0.2) is 5.75 Å². The Morgan fingerprint density at radius 1 is 0.411 bits per heavy atom. The van der Waals surface area contributed by atoms with Crippen LogP contribution in [0.5, 0.6) is 11.5 Å². The summed E-state index contributed by atoms with van der Waals surface area (Å²) >= 11 is 3.45. The van der Waals surface area contributed by atoms with Gasteiger partial charge in [0.05, 0.1) is 37.9 Å². The first-order valence-corrected chi connectivity index (χ1v) is 20.7. The number of halogens is 1. The number of para-hydroxylation sites is 4. The molecule has 0 aliphatic carbocycles. The van der Waals surface area contributed by atoms with Crippen LogP contribution in [-0.2, 0) is 0 Å². The molecule has 6 heteroatoms. The molecule has 8 aromatic carbocycles. The molecule has 0 aliphatic heterocycles. The van der Waals surface area contributed by atoms with Gasteiger partial charge in [0, 0.05) is 26.8 Å². The number of hydrogen-bond acceptors (Lipinski definition) is 2. The average Bonchev–Trinajstić information content (AvgIpc) is 3.75. The highest BCUT2D eigenvalue weighted by atomic mass is 79.9. The van der Waals surface area contributed by atoms with E-state index in [4.69, 9.17) is 0 Å². The molecule has 2 heterocycles. The SMILES string of the molecule is Cc1cc(-n2c3ccccc3c3ccccc32)c(O)c(P(c2ccccc2)c2ccccc2)c1.Cc1cc(Br)c(O)c(-n2c3ccccc3c3ccccc32)c1. The molecule has 10 aromatic rings. The molecule has 0 atom stereocenters. The van der Waals surface area contributed by atoms with Gasteiger partial charge in [-0.2, -0.15) is 0 Å². The van der Waals surface area contributed by atoms with E-state index in [0.29, 0.717) is 10.2 Å². The van der Waals surface area contributed by atoms with Crippen molar-refractivity contribution in [3.63, 3.8) is 0 Å². The van der Waals surface area contributed by atoms with Gasteiger partial charge >= 0.3 is 0 Å². The number of benzene rings is 8. The van der Waals surface area contributed by atoms with Crippen molar-refractivity contribution in [3.8, 4) is 22.9 Å². The second kappa shape index (κ2) is 14.8. The van der Waals surface area contributed by atoms with Gasteiger partial charge < -0.3 is 19.3 Å². The van der Waals surface area contributed by atoms with Gasteiger partial charge in [0.25, 0.3) is 0 Å². The fraction of sp³-hybridized carbons (Fsp3) is 0.0400. The largest absolute Gasteiger partial charge is 0.505 e. The van der Waals surface area contributed by atoms with E-state index in [2.05, 4.69) is 165 Å². The minimum absolute atomic E-state index is 0.261. The summed E-state index contributed by atoms with van der Waals surface area (Å²) in [5.74, 6) is 0.605. The zero-order chi connectivity index (χ0) is 38.3. The lowest BCUT2D eigenvalue weighted by molar-refractivity contribution is 0.469. The standard InChI is InChI=1S/C31H24NOP.C19H14BrNO/c1-22-20-29(32-27-18-10-8-16-25(27)26-17-9-11-19-28(26)32)31(33)30(21-22)34(23-12-4-2-5-13-23)24-14-6-3-7-15-24;1-12-10-15(20)19(22)18(11-12)21-16-8-4-2-6-13(16)14-7-3-5-9-17(14)21/h2-21,33H,1H3;2-11,22H,1H3. The van der Waals surface area contributed by atoms with Crippen LogP contribution in [0.2, 0.25) is 0 Å². The summed E-state index contributed by atoms with van der Waals surface area (Å²) in [5.41, 5.74) is 8.23. The Labute approximate surface area is 335 Å². The molecule has 0 radical (unpaired) electrons. The molecular formula is C50H38BrN2O2P. The van der Waals surface area contributed by atoms with Gasteiger partial charge in [-0.25, -0.2) is 0 Å². The summed E-state index contributed by atoms with van der Waals surface area (Å²) in [6.07, 6.45) is 0. The molecular weight excluding hydrogens is 771 g/mol. The van der Waals surface area contributed by atoms with Gasteiger partial charge in [0.2, 0.25) is 0 Å². The zero-order valence-electron chi connectivity index (χ0n) is 30.9. The third-order valence-electron chi connectivity index (χ3n) is 10.3. The van der Waals surface area contributed by atoms with E-state index in [1.165, 1.54) is 32.2 Å². The lowest BCUT2D eigenvalue weighted by Crippen LogP contribution is -2.22. The lowest BCUT2D eigenvalue weighted by Gasteiger charge is -2.23. The van der Waals surface area contributed by atoms with Gasteiger partial charge in [-0.3, -0.25) is 0 Å². The van der Waals surface area contributed by atoms with Crippen LogP contribution in [-0.4, -0.2) is 19.3 Å². The second-order valence-corrected chi connectivity index (χ2v) is 17.1. The second-order valence-electron chi connectivity index (χ2n) is 14.0. The van der Waals surface area contributed by atoms with Crippen LogP contribution >= 0.6 is 23.9 Å². The summed E-state index contributed by atoms with van der Waals surface area (Å²) < 4.78 is 5.04. The predicted molar refractivity (Wildman–Crippen MR) is 241 cm³/mol.